The maximum absolute atomic E-state index is 16.5. The molecule has 2 heterocycles. The Labute approximate surface area is 245 Å². The number of thiophene rings is 1. The molecule has 7 aromatic rings. The molecule has 0 spiro atoms. The lowest BCUT2D eigenvalue weighted by Gasteiger charge is -2.37. The SMILES string of the molecule is O=C(O)Nc1ccc2c(c(-c3cc4ccccc4s3)nn2C(c2ccccc2)(c2ccccc2)c2ccccc2)c1F. The summed E-state index contributed by atoms with van der Waals surface area (Å²) < 4.78 is 19.4. The molecule has 0 radical (unpaired) electrons. The molecule has 0 saturated heterocycles. The van der Waals surface area contributed by atoms with Crippen molar-refractivity contribution < 1.29 is 14.3 Å². The van der Waals surface area contributed by atoms with E-state index < -0.39 is 17.4 Å². The smallest absolute Gasteiger partial charge is 0.409 e. The van der Waals surface area contributed by atoms with Crippen LogP contribution in [0.5, 0.6) is 0 Å². The van der Waals surface area contributed by atoms with Crippen LogP contribution in [0.3, 0.4) is 0 Å². The van der Waals surface area contributed by atoms with Crippen LogP contribution in [0, 0.1) is 5.82 Å². The minimum Gasteiger partial charge on any atom is -0.465 e. The van der Waals surface area contributed by atoms with E-state index in [4.69, 9.17) is 5.10 Å². The van der Waals surface area contributed by atoms with Crippen molar-refractivity contribution in [1.29, 1.82) is 0 Å². The Morgan fingerprint density at radius 1 is 0.762 bits per heavy atom. The Morgan fingerprint density at radius 3 is 1.86 bits per heavy atom. The summed E-state index contributed by atoms with van der Waals surface area (Å²) in [5.74, 6) is -0.670. The predicted molar refractivity (Wildman–Crippen MR) is 167 cm³/mol. The number of rotatable bonds is 6. The topological polar surface area (TPSA) is 67.2 Å². The molecule has 2 N–H and O–H groups in total. The molecule has 5 aromatic carbocycles. The van der Waals surface area contributed by atoms with Gasteiger partial charge in [0.2, 0.25) is 0 Å². The molecule has 2 aromatic heterocycles. The lowest BCUT2D eigenvalue weighted by molar-refractivity contribution is 0.209. The maximum Gasteiger partial charge on any atom is 0.409 e. The second-order valence-corrected chi connectivity index (χ2v) is 11.1. The molecule has 7 heteroatoms. The number of aromatic nitrogens is 2. The maximum atomic E-state index is 16.5. The van der Waals surface area contributed by atoms with Gasteiger partial charge in [-0.05, 0) is 46.3 Å². The Kier molecular flexibility index (Phi) is 6.29. The van der Waals surface area contributed by atoms with Crippen molar-refractivity contribution in [3.05, 3.63) is 156 Å². The van der Waals surface area contributed by atoms with Gasteiger partial charge in [-0.25, -0.2) is 13.9 Å². The van der Waals surface area contributed by atoms with Gasteiger partial charge < -0.3 is 5.11 Å². The van der Waals surface area contributed by atoms with Gasteiger partial charge in [-0.1, -0.05) is 109 Å². The average Bonchev–Trinajstić information content (AvgIpc) is 3.63. The van der Waals surface area contributed by atoms with Crippen molar-refractivity contribution in [2.45, 2.75) is 5.54 Å². The zero-order valence-corrected chi connectivity index (χ0v) is 23.1. The van der Waals surface area contributed by atoms with Crippen molar-refractivity contribution in [3.8, 4) is 10.6 Å². The number of fused-ring (bicyclic) bond motifs is 2. The number of nitrogens with zero attached hydrogens (tertiary/aromatic N) is 2. The predicted octanol–water partition coefficient (Wildman–Crippen LogP) is 8.99. The first-order valence-electron chi connectivity index (χ1n) is 13.4. The quantitative estimate of drug-likeness (QED) is 0.196. The highest BCUT2D eigenvalue weighted by atomic mass is 32.1. The van der Waals surface area contributed by atoms with Gasteiger partial charge in [-0.3, -0.25) is 5.32 Å². The van der Waals surface area contributed by atoms with E-state index in [9.17, 15) is 9.90 Å². The van der Waals surface area contributed by atoms with Crippen LogP contribution in [-0.4, -0.2) is 21.0 Å². The number of carboxylic acid groups (broad SMARTS) is 1. The number of nitrogens with one attached hydrogen (secondary N) is 1. The third kappa shape index (κ3) is 4.05. The van der Waals surface area contributed by atoms with E-state index in [-0.39, 0.29) is 11.1 Å². The van der Waals surface area contributed by atoms with Gasteiger partial charge in [0.1, 0.15) is 11.2 Å². The van der Waals surface area contributed by atoms with E-state index in [1.54, 1.807) is 6.07 Å². The number of benzene rings is 5. The lowest BCUT2D eigenvalue weighted by Crippen LogP contribution is -2.38. The summed E-state index contributed by atoms with van der Waals surface area (Å²) in [7, 11) is 0. The van der Waals surface area contributed by atoms with Crippen molar-refractivity contribution in [2.24, 2.45) is 0 Å². The molecule has 0 aliphatic rings. The summed E-state index contributed by atoms with van der Waals surface area (Å²) in [6, 6.07) is 43.4. The fourth-order valence-corrected chi connectivity index (χ4v) is 6.87. The molecule has 204 valence electrons. The zero-order chi connectivity index (χ0) is 28.7. The Hall–Kier alpha value is -5.27. The molecule has 0 unspecified atom stereocenters. The number of hydrogen-bond donors (Lipinski definition) is 2. The summed E-state index contributed by atoms with van der Waals surface area (Å²) in [6.07, 6.45) is -1.34. The summed E-state index contributed by atoms with van der Waals surface area (Å²) in [5.41, 5.74) is 2.72. The molecule has 0 atom stereocenters. The van der Waals surface area contributed by atoms with Gasteiger partial charge in [0, 0.05) is 4.70 Å². The Bertz CT molecular complexity index is 1930. The van der Waals surface area contributed by atoms with Crippen molar-refractivity contribution in [3.63, 3.8) is 0 Å². The normalized spacial score (nSPS) is 11.6. The molecular weight excluding hydrogens is 545 g/mol. The highest BCUT2D eigenvalue weighted by molar-refractivity contribution is 7.22. The number of amides is 1. The number of anilines is 1. The molecule has 0 saturated carbocycles. The zero-order valence-electron chi connectivity index (χ0n) is 22.2. The van der Waals surface area contributed by atoms with Gasteiger partial charge in [-0.2, -0.15) is 5.10 Å². The van der Waals surface area contributed by atoms with E-state index in [1.807, 2.05) is 89.6 Å². The van der Waals surface area contributed by atoms with E-state index in [1.165, 1.54) is 17.4 Å². The van der Waals surface area contributed by atoms with Crippen molar-refractivity contribution >= 4 is 44.1 Å². The molecule has 0 bridgehead atoms. The Balaban J connectivity index is 1.65. The summed E-state index contributed by atoms with van der Waals surface area (Å²) in [6.45, 7) is 0. The van der Waals surface area contributed by atoms with Crippen LogP contribution in [0.1, 0.15) is 16.7 Å². The van der Waals surface area contributed by atoms with E-state index >= 15 is 4.39 Å². The van der Waals surface area contributed by atoms with Crippen molar-refractivity contribution in [1.82, 2.24) is 9.78 Å². The van der Waals surface area contributed by atoms with Gasteiger partial charge in [0.05, 0.1) is 21.5 Å². The molecule has 0 aliphatic carbocycles. The minimum atomic E-state index is -1.34. The first-order valence-corrected chi connectivity index (χ1v) is 14.3. The number of halogens is 1. The third-order valence-electron chi connectivity index (χ3n) is 7.58. The molecule has 42 heavy (non-hydrogen) atoms. The second-order valence-electron chi connectivity index (χ2n) is 9.97. The van der Waals surface area contributed by atoms with Crippen LogP contribution < -0.4 is 5.32 Å². The fourth-order valence-electron chi connectivity index (χ4n) is 5.81. The third-order valence-corrected chi connectivity index (χ3v) is 8.70. The summed E-state index contributed by atoms with van der Waals surface area (Å²) in [5, 5.41) is 18.2. The monoisotopic (exact) mass is 569 g/mol. The van der Waals surface area contributed by atoms with Gasteiger partial charge in [0.25, 0.3) is 0 Å². The molecule has 0 fully saturated rings. The first-order chi connectivity index (χ1) is 20.6. The second kappa shape index (κ2) is 10.3. The molecule has 1 amide bonds. The molecule has 7 rings (SSSR count). The average molecular weight is 570 g/mol. The molecular formula is C35H24FN3O2S. The summed E-state index contributed by atoms with van der Waals surface area (Å²) in [4.78, 5) is 12.3. The van der Waals surface area contributed by atoms with Crippen molar-refractivity contribution in [2.75, 3.05) is 5.32 Å². The van der Waals surface area contributed by atoms with Crippen LogP contribution >= 0.6 is 11.3 Å². The lowest BCUT2D eigenvalue weighted by atomic mass is 9.77. The summed E-state index contributed by atoms with van der Waals surface area (Å²) >= 11 is 1.53. The van der Waals surface area contributed by atoms with Crippen LogP contribution in [0.2, 0.25) is 0 Å². The van der Waals surface area contributed by atoms with Crippen LogP contribution in [0.15, 0.2) is 133 Å². The van der Waals surface area contributed by atoms with Crippen LogP contribution in [0.4, 0.5) is 14.9 Å². The van der Waals surface area contributed by atoms with Crippen LogP contribution in [0.25, 0.3) is 31.6 Å². The van der Waals surface area contributed by atoms with Crippen LogP contribution in [-0.2, 0) is 5.54 Å². The standard InChI is InChI=1S/C35H24FN3O2S/c36-32-27(37-34(40)41)20-21-28-31(32)33(30-22-23-12-10-11-19-29(23)42-30)38-39(28)35(24-13-4-1-5-14-24,25-15-6-2-7-16-25)26-17-8-3-9-18-26/h1-22,37H,(H,40,41). The van der Waals surface area contributed by atoms with Gasteiger partial charge in [0.15, 0.2) is 5.82 Å². The number of hydrogen-bond acceptors (Lipinski definition) is 3. The largest absolute Gasteiger partial charge is 0.465 e. The fraction of sp³-hybridized carbons (Fsp3) is 0.0286. The highest BCUT2D eigenvalue weighted by Crippen LogP contribution is 2.46. The number of carbonyl (C=O) groups is 1. The van der Waals surface area contributed by atoms with Gasteiger partial charge >= 0.3 is 6.09 Å². The highest BCUT2D eigenvalue weighted by Gasteiger charge is 2.41. The molecule has 0 aliphatic heterocycles. The van der Waals surface area contributed by atoms with Gasteiger partial charge in [-0.15, -0.1) is 11.3 Å². The minimum absolute atomic E-state index is 0.123. The van der Waals surface area contributed by atoms with E-state index in [0.717, 1.165) is 31.7 Å². The molecule has 5 nitrogen and oxygen atoms in total. The van der Waals surface area contributed by atoms with E-state index in [0.29, 0.717) is 11.2 Å². The Morgan fingerprint density at radius 2 is 1.31 bits per heavy atom. The van der Waals surface area contributed by atoms with E-state index in [2.05, 4.69) is 41.7 Å². The first kappa shape index (κ1) is 25.7.